The van der Waals surface area contributed by atoms with E-state index in [1.807, 2.05) is 26.2 Å². The van der Waals surface area contributed by atoms with Crippen molar-refractivity contribution in [2.75, 3.05) is 5.32 Å². The van der Waals surface area contributed by atoms with Crippen LogP contribution >= 0.6 is 11.3 Å². The molecule has 0 radical (unpaired) electrons. The van der Waals surface area contributed by atoms with E-state index in [9.17, 15) is 10.1 Å². The third-order valence-corrected chi connectivity index (χ3v) is 3.89. The van der Waals surface area contributed by atoms with Crippen molar-refractivity contribution in [3.05, 3.63) is 22.3 Å². The van der Waals surface area contributed by atoms with E-state index in [1.54, 1.807) is 7.05 Å². The van der Waals surface area contributed by atoms with Gasteiger partial charge in [0.2, 0.25) is 5.91 Å². The van der Waals surface area contributed by atoms with E-state index in [2.05, 4.69) is 26.9 Å². The molecule has 0 saturated carbocycles. The highest BCUT2D eigenvalue weighted by molar-refractivity contribution is 7.14. The molecule has 0 fully saturated rings. The van der Waals surface area contributed by atoms with Gasteiger partial charge in [-0.05, 0) is 26.8 Å². The number of nitrogens with zero attached hydrogens (tertiary/aromatic N) is 5. The molecule has 0 unspecified atom stereocenters. The summed E-state index contributed by atoms with van der Waals surface area (Å²) in [7, 11) is 1.67. The monoisotopic (exact) mass is 304 g/mol. The third-order valence-electron chi connectivity index (χ3n) is 2.99. The molecule has 110 valence electrons. The fraction of sp³-hybridized carbons (Fsp3) is 0.462. The Hall–Kier alpha value is -2.27. The van der Waals surface area contributed by atoms with Crippen molar-refractivity contribution in [2.45, 2.75) is 32.6 Å². The summed E-state index contributed by atoms with van der Waals surface area (Å²) in [4.78, 5) is 12.0. The predicted octanol–water partition coefficient (Wildman–Crippen LogP) is 1.62. The number of tetrazole rings is 1. The van der Waals surface area contributed by atoms with Gasteiger partial charge in [0.25, 0.3) is 0 Å². The molecular formula is C13H16N6OS. The molecule has 7 nitrogen and oxygen atoms in total. The zero-order valence-electron chi connectivity index (χ0n) is 12.3. The summed E-state index contributed by atoms with van der Waals surface area (Å²) in [5, 5.41) is 25.5. The quantitative estimate of drug-likeness (QED) is 0.929. The molecule has 2 aromatic rings. The summed E-state index contributed by atoms with van der Waals surface area (Å²) >= 11 is 1.36. The lowest BCUT2D eigenvalue weighted by Crippen LogP contribution is -2.18. The molecule has 0 aliphatic rings. The van der Waals surface area contributed by atoms with Gasteiger partial charge in [-0.25, -0.2) is 4.68 Å². The Morgan fingerprint density at radius 3 is 2.76 bits per heavy atom. The van der Waals surface area contributed by atoms with Crippen LogP contribution in [0.3, 0.4) is 0 Å². The Labute approximate surface area is 126 Å². The first kappa shape index (κ1) is 15.1. The van der Waals surface area contributed by atoms with Crippen molar-refractivity contribution in [2.24, 2.45) is 7.05 Å². The highest BCUT2D eigenvalue weighted by atomic mass is 32.1. The second-order valence-electron chi connectivity index (χ2n) is 5.66. The van der Waals surface area contributed by atoms with Gasteiger partial charge >= 0.3 is 0 Å². The SMILES string of the molecule is Cn1nnnc1CC(=O)Nc1scc(C(C)(C)C)c1C#N. The zero-order valence-corrected chi connectivity index (χ0v) is 13.2. The van der Waals surface area contributed by atoms with Gasteiger partial charge in [0.15, 0.2) is 5.82 Å². The Balaban J connectivity index is 2.17. The van der Waals surface area contributed by atoms with Crippen LogP contribution in [0.4, 0.5) is 5.00 Å². The number of thiophene rings is 1. The lowest BCUT2D eigenvalue weighted by atomic mass is 9.86. The van der Waals surface area contributed by atoms with Crippen LogP contribution in [-0.4, -0.2) is 26.1 Å². The Morgan fingerprint density at radius 2 is 2.24 bits per heavy atom. The van der Waals surface area contributed by atoms with Crippen LogP contribution in [0.5, 0.6) is 0 Å². The van der Waals surface area contributed by atoms with E-state index in [0.29, 0.717) is 16.4 Å². The molecule has 1 amide bonds. The largest absolute Gasteiger partial charge is 0.316 e. The van der Waals surface area contributed by atoms with E-state index in [1.165, 1.54) is 16.0 Å². The van der Waals surface area contributed by atoms with Gasteiger partial charge < -0.3 is 5.32 Å². The van der Waals surface area contributed by atoms with Gasteiger partial charge in [-0.3, -0.25) is 4.79 Å². The summed E-state index contributed by atoms with van der Waals surface area (Å²) in [5.41, 5.74) is 1.32. The van der Waals surface area contributed by atoms with Gasteiger partial charge in [0.05, 0.1) is 12.0 Å². The van der Waals surface area contributed by atoms with Crippen LogP contribution in [0.15, 0.2) is 5.38 Å². The predicted molar refractivity (Wildman–Crippen MR) is 78.9 cm³/mol. The lowest BCUT2D eigenvalue weighted by Gasteiger charge is -2.17. The van der Waals surface area contributed by atoms with Gasteiger partial charge in [0, 0.05) is 7.05 Å². The molecule has 2 aromatic heterocycles. The first-order chi connectivity index (χ1) is 9.82. The van der Waals surface area contributed by atoms with Crippen molar-refractivity contribution in [1.82, 2.24) is 20.2 Å². The van der Waals surface area contributed by atoms with Crippen LogP contribution in [0.1, 0.15) is 37.7 Å². The normalized spacial score (nSPS) is 11.2. The summed E-state index contributed by atoms with van der Waals surface area (Å²) < 4.78 is 1.44. The summed E-state index contributed by atoms with van der Waals surface area (Å²) in [6.45, 7) is 6.10. The van der Waals surface area contributed by atoms with Crippen molar-refractivity contribution < 1.29 is 4.79 Å². The number of hydrogen-bond acceptors (Lipinski definition) is 6. The van der Waals surface area contributed by atoms with E-state index in [0.717, 1.165) is 5.56 Å². The first-order valence-corrected chi connectivity index (χ1v) is 7.24. The van der Waals surface area contributed by atoms with Crippen LogP contribution in [-0.2, 0) is 23.7 Å². The number of rotatable bonds is 3. The number of carbonyl (C=O) groups is 1. The molecule has 8 heteroatoms. The molecule has 0 atom stereocenters. The first-order valence-electron chi connectivity index (χ1n) is 6.36. The average Bonchev–Trinajstić information content (AvgIpc) is 2.96. The topological polar surface area (TPSA) is 96.5 Å². The average molecular weight is 304 g/mol. The number of anilines is 1. The standard InChI is InChI=1S/C13H16N6OS/c1-13(2,3)9-7-21-12(8(9)6-14)15-11(20)5-10-16-17-18-19(10)4/h7H,5H2,1-4H3,(H,15,20). The molecule has 2 rings (SSSR count). The second-order valence-corrected chi connectivity index (χ2v) is 6.54. The van der Waals surface area contributed by atoms with Crippen LogP contribution in [0.25, 0.3) is 0 Å². The molecule has 2 heterocycles. The molecule has 1 N–H and O–H groups in total. The van der Waals surface area contributed by atoms with Gasteiger partial charge in [-0.15, -0.1) is 16.4 Å². The number of carbonyl (C=O) groups excluding carboxylic acids is 1. The summed E-state index contributed by atoms with van der Waals surface area (Å²) in [6.07, 6.45) is 0.0666. The number of nitrogens with one attached hydrogen (secondary N) is 1. The van der Waals surface area contributed by atoms with Gasteiger partial charge in [-0.1, -0.05) is 20.8 Å². The zero-order chi connectivity index (χ0) is 15.6. The Bertz CT molecular complexity index is 703. The second kappa shape index (κ2) is 5.61. The molecule has 0 spiro atoms. The maximum Gasteiger partial charge on any atom is 0.232 e. The molecule has 0 aromatic carbocycles. The molecule has 0 bridgehead atoms. The molecular weight excluding hydrogens is 288 g/mol. The fourth-order valence-electron chi connectivity index (χ4n) is 1.82. The fourth-order valence-corrected chi connectivity index (χ4v) is 2.98. The van der Waals surface area contributed by atoms with E-state index >= 15 is 0 Å². The minimum atomic E-state index is -0.244. The van der Waals surface area contributed by atoms with E-state index < -0.39 is 0 Å². The van der Waals surface area contributed by atoms with Crippen molar-refractivity contribution >= 4 is 22.2 Å². The van der Waals surface area contributed by atoms with Crippen LogP contribution in [0.2, 0.25) is 0 Å². The van der Waals surface area contributed by atoms with Crippen molar-refractivity contribution in [1.29, 1.82) is 5.26 Å². The highest BCUT2D eigenvalue weighted by Crippen LogP contribution is 2.35. The summed E-state index contributed by atoms with van der Waals surface area (Å²) in [6, 6.07) is 2.18. The summed E-state index contributed by atoms with van der Waals surface area (Å²) in [5.74, 6) is 0.227. The van der Waals surface area contributed by atoms with Crippen LogP contribution in [0, 0.1) is 11.3 Å². The number of aromatic nitrogens is 4. The minimum Gasteiger partial charge on any atom is -0.316 e. The number of aryl methyl sites for hydroxylation is 1. The van der Waals surface area contributed by atoms with E-state index in [-0.39, 0.29) is 17.7 Å². The third kappa shape index (κ3) is 3.25. The maximum absolute atomic E-state index is 12.0. The van der Waals surface area contributed by atoms with Crippen molar-refractivity contribution in [3.8, 4) is 6.07 Å². The molecule has 0 aliphatic heterocycles. The lowest BCUT2D eigenvalue weighted by molar-refractivity contribution is -0.115. The number of amides is 1. The minimum absolute atomic E-state index is 0.0666. The Morgan fingerprint density at radius 1 is 1.52 bits per heavy atom. The van der Waals surface area contributed by atoms with Crippen molar-refractivity contribution in [3.63, 3.8) is 0 Å². The van der Waals surface area contributed by atoms with Gasteiger partial charge in [-0.2, -0.15) is 5.26 Å². The number of nitriles is 1. The van der Waals surface area contributed by atoms with Crippen LogP contribution < -0.4 is 5.32 Å². The maximum atomic E-state index is 12.0. The Kier molecular flexibility index (Phi) is 4.04. The van der Waals surface area contributed by atoms with E-state index in [4.69, 9.17) is 0 Å². The smallest absolute Gasteiger partial charge is 0.232 e. The highest BCUT2D eigenvalue weighted by Gasteiger charge is 2.23. The number of hydrogen-bond donors (Lipinski definition) is 1. The van der Waals surface area contributed by atoms with Gasteiger partial charge in [0.1, 0.15) is 11.1 Å². The molecule has 0 aliphatic carbocycles. The molecule has 21 heavy (non-hydrogen) atoms. The molecule has 0 saturated heterocycles.